The monoisotopic (exact) mass is 274 g/mol. The number of hydrogen-bond acceptors (Lipinski definition) is 1. The third-order valence-electron chi connectivity index (χ3n) is 4.25. The summed E-state index contributed by atoms with van der Waals surface area (Å²) in [4.78, 5) is 0. The summed E-state index contributed by atoms with van der Waals surface area (Å²) >= 11 is 6.65. The molecule has 1 aliphatic rings. The SMILES string of the molecule is CC1CCCC1C(Cl)c1cnn(-c2ccccc2)c1. The van der Waals surface area contributed by atoms with Gasteiger partial charge in [0, 0.05) is 11.8 Å². The molecule has 1 aromatic heterocycles. The molecule has 1 saturated carbocycles. The second kappa shape index (κ2) is 5.38. The van der Waals surface area contributed by atoms with E-state index in [9.17, 15) is 0 Å². The summed E-state index contributed by atoms with van der Waals surface area (Å²) in [6.07, 6.45) is 7.84. The lowest BCUT2D eigenvalue weighted by atomic mass is 9.92. The van der Waals surface area contributed by atoms with Crippen LogP contribution in [0.2, 0.25) is 0 Å². The van der Waals surface area contributed by atoms with Gasteiger partial charge in [0.15, 0.2) is 0 Å². The van der Waals surface area contributed by atoms with E-state index in [1.807, 2.05) is 29.1 Å². The summed E-state index contributed by atoms with van der Waals surface area (Å²) < 4.78 is 1.91. The van der Waals surface area contributed by atoms with Gasteiger partial charge in [-0.25, -0.2) is 4.68 Å². The molecule has 0 saturated heterocycles. The van der Waals surface area contributed by atoms with Crippen molar-refractivity contribution >= 4 is 11.6 Å². The van der Waals surface area contributed by atoms with Gasteiger partial charge in [0.1, 0.15) is 0 Å². The van der Waals surface area contributed by atoms with Gasteiger partial charge in [0.2, 0.25) is 0 Å². The minimum Gasteiger partial charge on any atom is -0.241 e. The van der Waals surface area contributed by atoms with Gasteiger partial charge in [-0.2, -0.15) is 5.10 Å². The summed E-state index contributed by atoms with van der Waals surface area (Å²) in [6, 6.07) is 10.2. The molecule has 3 heteroatoms. The second-order valence-electron chi connectivity index (χ2n) is 5.53. The number of aromatic nitrogens is 2. The molecule has 1 aliphatic carbocycles. The van der Waals surface area contributed by atoms with E-state index in [1.165, 1.54) is 19.3 Å². The van der Waals surface area contributed by atoms with E-state index in [-0.39, 0.29) is 5.38 Å². The number of hydrogen-bond donors (Lipinski definition) is 0. The molecular formula is C16H19ClN2. The zero-order valence-electron chi connectivity index (χ0n) is 11.2. The molecular weight excluding hydrogens is 256 g/mol. The predicted octanol–water partition coefficient (Wildman–Crippen LogP) is 4.59. The van der Waals surface area contributed by atoms with E-state index in [2.05, 4.69) is 30.4 Å². The van der Waals surface area contributed by atoms with Crippen LogP contribution in [0.1, 0.15) is 37.1 Å². The molecule has 0 aliphatic heterocycles. The van der Waals surface area contributed by atoms with E-state index >= 15 is 0 Å². The van der Waals surface area contributed by atoms with Gasteiger partial charge in [-0.05, 0) is 30.4 Å². The molecule has 0 bridgehead atoms. The Hall–Kier alpha value is -1.28. The lowest BCUT2D eigenvalue weighted by molar-refractivity contribution is 0.406. The number of alkyl halides is 1. The van der Waals surface area contributed by atoms with Gasteiger partial charge in [-0.15, -0.1) is 11.6 Å². The lowest BCUT2D eigenvalue weighted by Gasteiger charge is -2.20. The molecule has 3 atom stereocenters. The lowest BCUT2D eigenvalue weighted by Crippen LogP contribution is -2.10. The molecule has 19 heavy (non-hydrogen) atoms. The first-order chi connectivity index (χ1) is 9.25. The highest BCUT2D eigenvalue weighted by atomic mass is 35.5. The van der Waals surface area contributed by atoms with Crippen LogP contribution in [0.4, 0.5) is 0 Å². The van der Waals surface area contributed by atoms with Crippen LogP contribution in [-0.2, 0) is 0 Å². The van der Waals surface area contributed by atoms with Crippen molar-refractivity contribution in [2.24, 2.45) is 11.8 Å². The molecule has 0 N–H and O–H groups in total. The third-order valence-corrected chi connectivity index (χ3v) is 4.82. The Bertz CT molecular complexity index is 535. The van der Waals surface area contributed by atoms with Gasteiger partial charge < -0.3 is 0 Å². The van der Waals surface area contributed by atoms with Gasteiger partial charge in [0.25, 0.3) is 0 Å². The van der Waals surface area contributed by atoms with E-state index in [4.69, 9.17) is 11.6 Å². The average Bonchev–Trinajstić information content (AvgIpc) is 3.08. The highest BCUT2D eigenvalue weighted by Gasteiger charge is 2.31. The minimum absolute atomic E-state index is 0.0926. The molecule has 0 amide bonds. The fourth-order valence-corrected chi connectivity index (χ4v) is 3.54. The highest BCUT2D eigenvalue weighted by molar-refractivity contribution is 6.21. The number of para-hydroxylation sites is 1. The van der Waals surface area contributed by atoms with Gasteiger partial charge in [-0.1, -0.05) is 38.0 Å². The van der Waals surface area contributed by atoms with Crippen LogP contribution in [-0.4, -0.2) is 9.78 Å². The van der Waals surface area contributed by atoms with Crippen molar-refractivity contribution in [2.75, 3.05) is 0 Å². The molecule has 100 valence electrons. The molecule has 3 unspecified atom stereocenters. The molecule has 1 aromatic carbocycles. The maximum Gasteiger partial charge on any atom is 0.0647 e. The van der Waals surface area contributed by atoms with Crippen LogP contribution in [0.3, 0.4) is 0 Å². The molecule has 1 heterocycles. The van der Waals surface area contributed by atoms with E-state index < -0.39 is 0 Å². The topological polar surface area (TPSA) is 17.8 Å². The van der Waals surface area contributed by atoms with Crippen molar-refractivity contribution in [3.8, 4) is 5.69 Å². The Morgan fingerprint density at radius 1 is 1.26 bits per heavy atom. The fourth-order valence-electron chi connectivity index (χ4n) is 3.06. The quantitative estimate of drug-likeness (QED) is 0.749. The van der Waals surface area contributed by atoms with E-state index in [1.54, 1.807) is 0 Å². The molecule has 3 rings (SSSR count). The first-order valence-corrected chi connectivity index (χ1v) is 7.43. The summed E-state index contributed by atoms with van der Waals surface area (Å²) in [5, 5.41) is 4.53. The molecule has 0 spiro atoms. The standard InChI is InChI=1S/C16H19ClN2/c1-12-6-5-9-15(12)16(17)13-10-18-19(11-13)14-7-3-2-4-8-14/h2-4,7-8,10-12,15-16H,5-6,9H2,1H3. The van der Waals surface area contributed by atoms with Crippen LogP contribution in [0.25, 0.3) is 5.69 Å². The molecule has 2 aromatic rings. The minimum atomic E-state index is 0.0926. The number of halogens is 1. The van der Waals surface area contributed by atoms with Crippen LogP contribution in [0.15, 0.2) is 42.7 Å². The maximum atomic E-state index is 6.65. The largest absolute Gasteiger partial charge is 0.241 e. The van der Waals surface area contributed by atoms with Crippen LogP contribution < -0.4 is 0 Å². The molecule has 1 fully saturated rings. The third kappa shape index (κ3) is 2.55. The van der Waals surface area contributed by atoms with Crippen LogP contribution >= 0.6 is 11.6 Å². The van der Waals surface area contributed by atoms with Crippen molar-refractivity contribution in [1.82, 2.24) is 9.78 Å². The predicted molar refractivity (Wildman–Crippen MR) is 78.7 cm³/mol. The van der Waals surface area contributed by atoms with E-state index in [0.29, 0.717) is 5.92 Å². The number of benzene rings is 1. The Labute approximate surface area is 119 Å². The summed E-state index contributed by atoms with van der Waals surface area (Å²) in [7, 11) is 0. The summed E-state index contributed by atoms with van der Waals surface area (Å²) in [5.74, 6) is 1.32. The van der Waals surface area contributed by atoms with Crippen molar-refractivity contribution in [3.05, 3.63) is 48.3 Å². The van der Waals surface area contributed by atoms with Crippen molar-refractivity contribution < 1.29 is 0 Å². The first-order valence-electron chi connectivity index (χ1n) is 7.00. The van der Waals surface area contributed by atoms with Crippen molar-refractivity contribution in [3.63, 3.8) is 0 Å². The van der Waals surface area contributed by atoms with Crippen LogP contribution in [0, 0.1) is 11.8 Å². The number of rotatable bonds is 3. The Morgan fingerprint density at radius 2 is 2.05 bits per heavy atom. The van der Waals surface area contributed by atoms with Gasteiger partial charge >= 0.3 is 0 Å². The Balaban J connectivity index is 1.81. The average molecular weight is 275 g/mol. The van der Waals surface area contributed by atoms with Crippen molar-refractivity contribution in [1.29, 1.82) is 0 Å². The zero-order valence-corrected chi connectivity index (χ0v) is 11.9. The van der Waals surface area contributed by atoms with E-state index in [0.717, 1.165) is 17.2 Å². The first kappa shape index (κ1) is 12.7. The maximum absolute atomic E-state index is 6.65. The zero-order chi connectivity index (χ0) is 13.2. The normalized spacial score (nSPS) is 24.5. The summed E-state index contributed by atoms with van der Waals surface area (Å²) in [5.41, 5.74) is 2.22. The second-order valence-corrected chi connectivity index (χ2v) is 6.00. The van der Waals surface area contributed by atoms with Crippen molar-refractivity contribution in [2.45, 2.75) is 31.6 Å². The van der Waals surface area contributed by atoms with Gasteiger partial charge in [0.05, 0.1) is 17.3 Å². The number of nitrogens with zero attached hydrogens (tertiary/aromatic N) is 2. The van der Waals surface area contributed by atoms with Gasteiger partial charge in [-0.3, -0.25) is 0 Å². The molecule has 0 radical (unpaired) electrons. The Kier molecular flexibility index (Phi) is 3.61. The summed E-state index contributed by atoms with van der Waals surface area (Å²) in [6.45, 7) is 2.31. The smallest absolute Gasteiger partial charge is 0.0647 e. The molecule has 2 nitrogen and oxygen atoms in total. The fraction of sp³-hybridized carbons (Fsp3) is 0.438. The van der Waals surface area contributed by atoms with Crippen LogP contribution in [0.5, 0.6) is 0 Å². The highest BCUT2D eigenvalue weighted by Crippen LogP contribution is 2.43. The Morgan fingerprint density at radius 3 is 2.74 bits per heavy atom.